The minimum atomic E-state index is -0.466. The van der Waals surface area contributed by atoms with E-state index < -0.39 is 6.04 Å². The van der Waals surface area contributed by atoms with E-state index in [0.29, 0.717) is 31.8 Å². The molecule has 0 radical (unpaired) electrons. The minimum Gasteiger partial charge on any atom is -0.354 e. The summed E-state index contributed by atoms with van der Waals surface area (Å²) in [6.07, 6.45) is 1.75. The molecule has 0 fully saturated rings. The van der Waals surface area contributed by atoms with Crippen molar-refractivity contribution < 1.29 is 9.59 Å². The normalized spacial score (nSPS) is 11.9. The summed E-state index contributed by atoms with van der Waals surface area (Å²) < 4.78 is 0. The fourth-order valence-corrected chi connectivity index (χ4v) is 4.30. The standard InChI is InChI=1S/C26H35ClN2O2S/c1-5-24(26(31)28-17-19(2)3)29(18-21-10-8-20(4)9-11-21)25(30)7-6-16-32-23-14-12-22(27)13-15-23/h8-15,19,24H,5-7,16-18H2,1-4H3,(H,28,31). The van der Waals surface area contributed by atoms with Gasteiger partial charge >= 0.3 is 0 Å². The first kappa shape index (κ1) is 26.3. The number of benzene rings is 2. The lowest BCUT2D eigenvalue weighted by molar-refractivity contribution is -0.141. The van der Waals surface area contributed by atoms with Crippen molar-refractivity contribution in [3.63, 3.8) is 0 Å². The van der Waals surface area contributed by atoms with Crippen LogP contribution in [0.25, 0.3) is 0 Å². The van der Waals surface area contributed by atoms with Gasteiger partial charge in [-0.3, -0.25) is 9.59 Å². The van der Waals surface area contributed by atoms with E-state index in [2.05, 4.69) is 19.2 Å². The van der Waals surface area contributed by atoms with Crippen molar-refractivity contribution in [1.29, 1.82) is 0 Å². The van der Waals surface area contributed by atoms with Gasteiger partial charge in [-0.05, 0) is 61.3 Å². The van der Waals surface area contributed by atoms with Crippen LogP contribution in [0.15, 0.2) is 53.4 Å². The van der Waals surface area contributed by atoms with Gasteiger partial charge in [-0.2, -0.15) is 0 Å². The van der Waals surface area contributed by atoms with Crippen LogP contribution in [0.5, 0.6) is 0 Å². The first-order valence-corrected chi connectivity index (χ1v) is 12.7. The summed E-state index contributed by atoms with van der Waals surface area (Å²) in [5.74, 6) is 1.15. The first-order chi connectivity index (χ1) is 15.3. The van der Waals surface area contributed by atoms with E-state index in [-0.39, 0.29) is 11.8 Å². The summed E-state index contributed by atoms with van der Waals surface area (Å²) >= 11 is 7.65. The average Bonchev–Trinajstić information content (AvgIpc) is 2.77. The van der Waals surface area contributed by atoms with Gasteiger partial charge < -0.3 is 10.2 Å². The minimum absolute atomic E-state index is 0.0221. The molecule has 2 aromatic carbocycles. The Morgan fingerprint density at radius 1 is 1.06 bits per heavy atom. The number of hydrogen-bond donors (Lipinski definition) is 1. The summed E-state index contributed by atoms with van der Waals surface area (Å²) in [6, 6.07) is 15.4. The number of nitrogens with zero attached hydrogens (tertiary/aromatic N) is 1. The molecule has 1 N–H and O–H groups in total. The van der Waals surface area contributed by atoms with Gasteiger partial charge in [0.2, 0.25) is 11.8 Å². The van der Waals surface area contributed by atoms with Crippen LogP contribution in [-0.4, -0.2) is 35.1 Å². The number of nitrogens with one attached hydrogen (secondary N) is 1. The molecule has 0 aliphatic heterocycles. The van der Waals surface area contributed by atoms with E-state index in [1.54, 1.807) is 16.7 Å². The largest absolute Gasteiger partial charge is 0.354 e. The highest BCUT2D eigenvalue weighted by atomic mass is 35.5. The summed E-state index contributed by atoms with van der Waals surface area (Å²) in [4.78, 5) is 29.0. The zero-order valence-electron chi connectivity index (χ0n) is 19.6. The SMILES string of the molecule is CCC(C(=O)NCC(C)C)N(Cc1ccc(C)cc1)C(=O)CCCSc1ccc(Cl)cc1. The molecule has 1 atom stereocenters. The maximum atomic E-state index is 13.2. The van der Waals surface area contributed by atoms with Gasteiger partial charge in [0.05, 0.1) is 0 Å². The number of amides is 2. The molecule has 0 bridgehead atoms. The number of rotatable bonds is 12. The monoisotopic (exact) mass is 474 g/mol. The molecule has 6 heteroatoms. The van der Waals surface area contributed by atoms with Crippen LogP contribution in [0.1, 0.15) is 51.2 Å². The van der Waals surface area contributed by atoms with Gasteiger partial charge in [-0.1, -0.05) is 62.2 Å². The molecular weight excluding hydrogens is 440 g/mol. The number of carbonyl (C=O) groups is 2. The number of aryl methyl sites for hydroxylation is 1. The molecule has 0 aliphatic carbocycles. The summed E-state index contributed by atoms with van der Waals surface area (Å²) in [7, 11) is 0. The highest BCUT2D eigenvalue weighted by molar-refractivity contribution is 7.99. The molecule has 0 saturated heterocycles. The van der Waals surface area contributed by atoms with Gasteiger partial charge in [0, 0.05) is 29.4 Å². The predicted octanol–water partition coefficient (Wildman–Crippen LogP) is 6.10. The van der Waals surface area contributed by atoms with E-state index in [0.717, 1.165) is 27.7 Å². The third-order valence-electron chi connectivity index (χ3n) is 5.16. The van der Waals surface area contributed by atoms with Crippen LogP contribution in [0.2, 0.25) is 5.02 Å². The highest BCUT2D eigenvalue weighted by Gasteiger charge is 2.28. The maximum Gasteiger partial charge on any atom is 0.242 e. The molecular formula is C26H35ClN2O2S. The molecule has 0 saturated carbocycles. The maximum absolute atomic E-state index is 13.2. The van der Waals surface area contributed by atoms with Crippen LogP contribution < -0.4 is 5.32 Å². The Morgan fingerprint density at radius 3 is 2.31 bits per heavy atom. The Balaban J connectivity index is 2.03. The molecule has 0 heterocycles. The molecule has 0 aromatic heterocycles. The van der Waals surface area contributed by atoms with Gasteiger partial charge in [-0.15, -0.1) is 11.8 Å². The number of halogens is 1. The first-order valence-electron chi connectivity index (χ1n) is 11.3. The molecule has 0 spiro atoms. The fraction of sp³-hybridized carbons (Fsp3) is 0.462. The summed E-state index contributed by atoms with van der Waals surface area (Å²) in [6.45, 7) is 9.19. The Bertz CT molecular complexity index is 853. The van der Waals surface area contributed by atoms with Crippen molar-refractivity contribution in [2.45, 2.75) is 64.4 Å². The Hall–Kier alpha value is -1.98. The van der Waals surface area contributed by atoms with E-state index in [1.165, 1.54) is 5.56 Å². The van der Waals surface area contributed by atoms with Crippen LogP contribution >= 0.6 is 23.4 Å². The van der Waals surface area contributed by atoms with Crippen LogP contribution in [0.4, 0.5) is 0 Å². The number of hydrogen-bond acceptors (Lipinski definition) is 3. The van der Waals surface area contributed by atoms with E-state index in [1.807, 2.05) is 62.4 Å². The quantitative estimate of drug-likeness (QED) is 0.298. The molecule has 2 aromatic rings. The lowest BCUT2D eigenvalue weighted by atomic mass is 10.1. The van der Waals surface area contributed by atoms with Gasteiger partial charge in [0.1, 0.15) is 6.04 Å². The highest BCUT2D eigenvalue weighted by Crippen LogP contribution is 2.22. The summed E-state index contributed by atoms with van der Waals surface area (Å²) in [5.41, 5.74) is 2.21. The molecule has 2 amide bonds. The van der Waals surface area contributed by atoms with E-state index in [4.69, 9.17) is 11.6 Å². The topological polar surface area (TPSA) is 49.4 Å². The van der Waals surface area contributed by atoms with Crippen molar-refractivity contribution in [3.8, 4) is 0 Å². The molecule has 174 valence electrons. The Labute approximate surface area is 202 Å². The smallest absolute Gasteiger partial charge is 0.242 e. The predicted molar refractivity (Wildman–Crippen MR) is 135 cm³/mol. The second-order valence-electron chi connectivity index (χ2n) is 8.48. The third kappa shape index (κ3) is 8.87. The third-order valence-corrected chi connectivity index (χ3v) is 6.51. The van der Waals surface area contributed by atoms with Crippen LogP contribution in [0, 0.1) is 12.8 Å². The van der Waals surface area contributed by atoms with Crippen LogP contribution in [0.3, 0.4) is 0 Å². The van der Waals surface area contributed by atoms with Crippen molar-refractivity contribution in [2.75, 3.05) is 12.3 Å². The molecule has 0 aliphatic rings. The van der Waals surface area contributed by atoms with E-state index >= 15 is 0 Å². The van der Waals surface area contributed by atoms with Gasteiger partial charge in [0.15, 0.2) is 0 Å². The second-order valence-corrected chi connectivity index (χ2v) is 10.1. The van der Waals surface area contributed by atoms with Crippen molar-refractivity contribution >= 4 is 35.2 Å². The molecule has 2 rings (SSSR count). The Kier molecular flexibility index (Phi) is 11.1. The molecule has 32 heavy (non-hydrogen) atoms. The zero-order chi connectivity index (χ0) is 23.5. The number of carbonyl (C=O) groups excluding carboxylic acids is 2. The van der Waals surface area contributed by atoms with E-state index in [9.17, 15) is 9.59 Å². The second kappa shape index (κ2) is 13.5. The zero-order valence-corrected chi connectivity index (χ0v) is 21.1. The van der Waals surface area contributed by atoms with Crippen molar-refractivity contribution in [3.05, 3.63) is 64.7 Å². The fourth-order valence-electron chi connectivity index (χ4n) is 3.32. The van der Waals surface area contributed by atoms with Crippen molar-refractivity contribution in [2.24, 2.45) is 5.92 Å². The molecule has 1 unspecified atom stereocenters. The van der Waals surface area contributed by atoms with Crippen LogP contribution in [-0.2, 0) is 16.1 Å². The number of thioether (sulfide) groups is 1. The lowest BCUT2D eigenvalue weighted by Crippen LogP contribution is -2.49. The van der Waals surface area contributed by atoms with Crippen molar-refractivity contribution in [1.82, 2.24) is 10.2 Å². The molecule has 4 nitrogen and oxygen atoms in total. The average molecular weight is 475 g/mol. The van der Waals surface area contributed by atoms with Gasteiger partial charge in [0.25, 0.3) is 0 Å². The van der Waals surface area contributed by atoms with Gasteiger partial charge in [-0.25, -0.2) is 0 Å². The summed E-state index contributed by atoms with van der Waals surface area (Å²) in [5, 5.41) is 3.73. The Morgan fingerprint density at radius 2 is 1.72 bits per heavy atom. The lowest BCUT2D eigenvalue weighted by Gasteiger charge is -2.31.